The molecule has 17 heavy (non-hydrogen) atoms. The predicted octanol–water partition coefficient (Wildman–Crippen LogP) is 1.34. The van der Waals surface area contributed by atoms with Gasteiger partial charge in [0.15, 0.2) is 9.84 Å². The first-order valence-corrected chi connectivity index (χ1v) is 6.62. The highest BCUT2D eigenvalue weighted by atomic mass is 32.2. The van der Waals surface area contributed by atoms with Gasteiger partial charge in [-0.2, -0.15) is 0 Å². The van der Waals surface area contributed by atoms with Crippen LogP contribution in [0.1, 0.15) is 6.92 Å². The Morgan fingerprint density at radius 3 is 2.41 bits per heavy atom. The van der Waals surface area contributed by atoms with Gasteiger partial charge in [-0.1, -0.05) is 0 Å². The molecule has 0 aromatic heterocycles. The number of amides is 1. The van der Waals surface area contributed by atoms with E-state index in [4.69, 9.17) is 0 Å². The van der Waals surface area contributed by atoms with Gasteiger partial charge < -0.3 is 5.32 Å². The molecule has 1 atom stereocenters. The van der Waals surface area contributed by atoms with E-state index < -0.39 is 32.6 Å². The van der Waals surface area contributed by atoms with Crippen LogP contribution in [0, 0.1) is 11.6 Å². The van der Waals surface area contributed by atoms with Crippen LogP contribution in [0.4, 0.5) is 14.5 Å². The van der Waals surface area contributed by atoms with Crippen LogP contribution in [-0.4, -0.2) is 25.8 Å². The van der Waals surface area contributed by atoms with Gasteiger partial charge >= 0.3 is 0 Å². The second kappa shape index (κ2) is 4.79. The molecule has 0 aliphatic heterocycles. The number of hydrogen-bond acceptors (Lipinski definition) is 3. The van der Waals surface area contributed by atoms with Gasteiger partial charge in [0.2, 0.25) is 5.91 Å². The minimum absolute atomic E-state index is 0.257. The van der Waals surface area contributed by atoms with Crippen LogP contribution < -0.4 is 5.32 Å². The Morgan fingerprint density at radius 1 is 1.35 bits per heavy atom. The van der Waals surface area contributed by atoms with Crippen LogP contribution in [0.15, 0.2) is 18.2 Å². The third-order valence-corrected chi connectivity index (χ3v) is 3.70. The normalized spacial score (nSPS) is 13.2. The lowest BCUT2D eigenvalue weighted by Crippen LogP contribution is -2.32. The monoisotopic (exact) mass is 263 g/mol. The van der Waals surface area contributed by atoms with Crippen molar-refractivity contribution in [1.82, 2.24) is 0 Å². The summed E-state index contributed by atoms with van der Waals surface area (Å²) in [4.78, 5) is 11.4. The largest absolute Gasteiger partial charge is 0.322 e. The number of carbonyl (C=O) groups excluding carboxylic acids is 1. The van der Waals surface area contributed by atoms with E-state index in [2.05, 4.69) is 5.32 Å². The average Bonchev–Trinajstić information content (AvgIpc) is 2.19. The molecule has 94 valence electrons. The highest BCUT2D eigenvalue weighted by Crippen LogP contribution is 2.15. The molecule has 0 aliphatic rings. The number of sulfone groups is 1. The quantitative estimate of drug-likeness (QED) is 0.895. The van der Waals surface area contributed by atoms with Crippen LogP contribution >= 0.6 is 0 Å². The van der Waals surface area contributed by atoms with Crippen molar-refractivity contribution in [2.24, 2.45) is 0 Å². The van der Waals surface area contributed by atoms with Gasteiger partial charge in [-0.15, -0.1) is 0 Å². The summed E-state index contributed by atoms with van der Waals surface area (Å²) in [6.07, 6.45) is 0.901. The van der Waals surface area contributed by atoms with E-state index >= 15 is 0 Å². The van der Waals surface area contributed by atoms with E-state index in [0.717, 1.165) is 18.4 Å². The average molecular weight is 263 g/mol. The first-order chi connectivity index (χ1) is 7.71. The lowest BCUT2D eigenvalue weighted by atomic mass is 10.3. The minimum atomic E-state index is -3.55. The molecule has 0 aliphatic carbocycles. The number of benzene rings is 1. The fourth-order valence-electron chi connectivity index (χ4n) is 1.02. The van der Waals surface area contributed by atoms with Crippen molar-refractivity contribution in [3.05, 3.63) is 29.8 Å². The molecule has 1 amide bonds. The Hall–Kier alpha value is -1.50. The van der Waals surface area contributed by atoms with E-state index in [1.54, 1.807) is 0 Å². The Balaban J connectivity index is 2.89. The Kier molecular flexibility index (Phi) is 3.82. The molecule has 0 saturated carbocycles. The Morgan fingerprint density at radius 2 is 1.94 bits per heavy atom. The van der Waals surface area contributed by atoms with E-state index in [9.17, 15) is 22.0 Å². The molecule has 0 radical (unpaired) electrons. The molecule has 0 bridgehead atoms. The zero-order valence-corrected chi connectivity index (χ0v) is 10.0. The van der Waals surface area contributed by atoms with Crippen LogP contribution in [0.25, 0.3) is 0 Å². The number of halogens is 2. The Bertz CT molecular complexity index is 542. The summed E-state index contributed by atoms with van der Waals surface area (Å²) in [5.41, 5.74) is -0.257. The van der Waals surface area contributed by atoms with Crippen LogP contribution in [0.5, 0.6) is 0 Å². The molecule has 1 N–H and O–H groups in total. The van der Waals surface area contributed by atoms with E-state index in [1.807, 2.05) is 0 Å². The van der Waals surface area contributed by atoms with Crippen molar-refractivity contribution in [3.63, 3.8) is 0 Å². The summed E-state index contributed by atoms with van der Waals surface area (Å²) in [5.74, 6) is -2.60. The maximum atomic E-state index is 13.2. The van der Waals surface area contributed by atoms with Crippen molar-refractivity contribution >= 4 is 21.4 Å². The van der Waals surface area contributed by atoms with Gasteiger partial charge in [0.05, 0.1) is 5.69 Å². The van der Waals surface area contributed by atoms with E-state index in [1.165, 1.54) is 6.92 Å². The summed E-state index contributed by atoms with van der Waals surface area (Å²) >= 11 is 0. The van der Waals surface area contributed by atoms with Crippen LogP contribution in [0.2, 0.25) is 0 Å². The SMILES string of the molecule is C[C@H](C(=O)Nc1ccc(F)cc1F)S(C)(=O)=O. The Labute approximate surface area is 97.6 Å². The molecule has 4 nitrogen and oxygen atoms in total. The van der Waals surface area contributed by atoms with E-state index in [0.29, 0.717) is 6.07 Å². The van der Waals surface area contributed by atoms with Crippen LogP contribution in [-0.2, 0) is 14.6 Å². The molecule has 1 rings (SSSR count). The molecule has 0 heterocycles. The number of rotatable bonds is 3. The lowest BCUT2D eigenvalue weighted by molar-refractivity contribution is -0.115. The molecule has 1 aromatic rings. The van der Waals surface area contributed by atoms with Crippen molar-refractivity contribution in [1.29, 1.82) is 0 Å². The number of carbonyl (C=O) groups is 1. The first kappa shape index (κ1) is 13.6. The molecule has 0 unspecified atom stereocenters. The minimum Gasteiger partial charge on any atom is -0.322 e. The fourth-order valence-corrected chi connectivity index (χ4v) is 1.47. The van der Waals surface area contributed by atoms with Gasteiger partial charge in [-0.05, 0) is 19.1 Å². The molecule has 1 aromatic carbocycles. The molecular weight excluding hydrogens is 252 g/mol. The number of nitrogens with one attached hydrogen (secondary N) is 1. The maximum Gasteiger partial charge on any atom is 0.242 e. The second-order valence-electron chi connectivity index (χ2n) is 3.59. The molecule has 7 heteroatoms. The number of hydrogen-bond donors (Lipinski definition) is 1. The van der Waals surface area contributed by atoms with Crippen LogP contribution in [0.3, 0.4) is 0 Å². The molecular formula is C10H11F2NO3S. The highest BCUT2D eigenvalue weighted by Gasteiger charge is 2.24. The third kappa shape index (κ3) is 3.48. The summed E-state index contributed by atoms with van der Waals surface area (Å²) in [5, 5.41) is 0.785. The molecule has 0 spiro atoms. The van der Waals surface area contributed by atoms with Gasteiger partial charge in [-0.25, -0.2) is 17.2 Å². The smallest absolute Gasteiger partial charge is 0.242 e. The van der Waals surface area contributed by atoms with Gasteiger partial charge in [0.25, 0.3) is 0 Å². The summed E-state index contributed by atoms with van der Waals surface area (Å²) in [6, 6.07) is 2.59. The predicted molar refractivity (Wildman–Crippen MR) is 59.3 cm³/mol. The summed E-state index contributed by atoms with van der Waals surface area (Å²) in [6.45, 7) is 1.19. The van der Waals surface area contributed by atoms with Crippen molar-refractivity contribution in [2.45, 2.75) is 12.2 Å². The molecule has 0 fully saturated rings. The molecule has 0 saturated heterocycles. The first-order valence-electron chi connectivity index (χ1n) is 4.66. The van der Waals surface area contributed by atoms with Gasteiger partial charge in [0, 0.05) is 12.3 Å². The second-order valence-corrected chi connectivity index (χ2v) is 5.95. The van der Waals surface area contributed by atoms with Crippen molar-refractivity contribution < 1.29 is 22.0 Å². The summed E-state index contributed by atoms with van der Waals surface area (Å²) < 4.78 is 47.9. The maximum absolute atomic E-state index is 13.2. The zero-order chi connectivity index (χ0) is 13.2. The van der Waals surface area contributed by atoms with E-state index in [-0.39, 0.29) is 5.69 Å². The topological polar surface area (TPSA) is 63.2 Å². The van der Waals surface area contributed by atoms with Crippen molar-refractivity contribution in [2.75, 3.05) is 11.6 Å². The van der Waals surface area contributed by atoms with Crippen molar-refractivity contribution in [3.8, 4) is 0 Å². The van der Waals surface area contributed by atoms with Gasteiger partial charge in [0.1, 0.15) is 16.9 Å². The lowest BCUT2D eigenvalue weighted by Gasteiger charge is -2.10. The number of anilines is 1. The fraction of sp³-hybridized carbons (Fsp3) is 0.300. The highest BCUT2D eigenvalue weighted by molar-refractivity contribution is 7.92. The standard InChI is InChI=1S/C10H11F2NO3S/c1-6(17(2,15)16)10(14)13-9-4-3-7(11)5-8(9)12/h3-6H,1-2H3,(H,13,14)/t6-/m1/s1. The van der Waals surface area contributed by atoms with Gasteiger partial charge in [-0.3, -0.25) is 4.79 Å². The summed E-state index contributed by atoms with van der Waals surface area (Å²) in [7, 11) is -3.55. The third-order valence-electron chi connectivity index (χ3n) is 2.20. The zero-order valence-electron chi connectivity index (χ0n) is 9.20.